The van der Waals surface area contributed by atoms with Gasteiger partial charge in [0.2, 0.25) is 0 Å². The number of nitrogens with zero attached hydrogens (tertiary/aromatic N) is 2. The van der Waals surface area contributed by atoms with Gasteiger partial charge in [0.25, 0.3) is 0 Å². The number of nitrogens with two attached hydrogens (primary N) is 1. The fourth-order valence-electron chi connectivity index (χ4n) is 3.33. The topological polar surface area (TPSA) is 62.9 Å². The van der Waals surface area contributed by atoms with Crippen molar-refractivity contribution in [1.29, 1.82) is 0 Å². The Labute approximate surface area is 163 Å². The van der Waals surface area contributed by atoms with Gasteiger partial charge in [-0.3, -0.25) is 4.99 Å². The molecular weight excluding hydrogens is 415 g/mol. The molecule has 0 amide bonds. The molecule has 0 aromatic heterocycles. The molecule has 1 fully saturated rings. The molecular formula is C18H31IN4O. The number of methoxy groups -OCH3 is 1. The summed E-state index contributed by atoms with van der Waals surface area (Å²) in [6.45, 7) is 0.737. The molecule has 1 saturated carbocycles. The van der Waals surface area contributed by atoms with Crippen molar-refractivity contribution in [2.75, 3.05) is 33.1 Å². The van der Waals surface area contributed by atoms with Crippen LogP contribution in [0.25, 0.3) is 0 Å². The van der Waals surface area contributed by atoms with E-state index < -0.39 is 0 Å². The van der Waals surface area contributed by atoms with Crippen molar-refractivity contribution < 1.29 is 4.74 Å². The second kappa shape index (κ2) is 10.8. The molecule has 0 bridgehead atoms. The zero-order chi connectivity index (χ0) is 16.7. The van der Waals surface area contributed by atoms with E-state index in [1.54, 1.807) is 7.11 Å². The van der Waals surface area contributed by atoms with Gasteiger partial charge in [0, 0.05) is 17.8 Å². The van der Waals surface area contributed by atoms with E-state index in [2.05, 4.69) is 29.3 Å². The van der Waals surface area contributed by atoms with Gasteiger partial charge in [0.05, 0.1) is 13.7 Å². The van der Waals surface area contributed by atoms with E-state index in [4.69, 9.17) is 10.5 Å². The number of ether oxygens (including phenoxy) is 1. The number of rotatable bonds is 6. The summed E-state index contributed by atoms with van der Waals surface area (Å²) in [7, 11) is 5.93. The molecule has 0 saturated heterocycles. The highest BCUT2D eigenvalue weighted by molar-refractivity contribution is 14.0. The van der Waals surface area contributed by atoms with Crippen LogP contribution in [-0.2, 0) is 0 Å². The molecule has 136 valence electrons. The molecule has 1 aromatic rings. The number of benzene rings is 1. The van der Waals surface area contributed by atoms with E-state index in [1.165, 1.54) is 32.1 Å². The number of likely N-dealkylation sites (N-methyl/N-ethyl adjacent to an activating group) is 1. The highest BCUT2D eigenvalue weighted by Crippen LogP contribution is 2.28. The van der Waals surface area contributed by atoms with Gasteiger partial charge in [-0.15, -0.1) is 24.0 Å². The van der Waals surface area contributed by atoms with Crippen LogP contribution >= 0.6 is 24.0 Å². The van der Waals surface area contributed by atoms with Crippen molar-refractivity contribution in [2.45, 2.75) is 38.1 Å². The summed E-state index contributed by atoms with van der Waals surface area (Å²) < 4.78 is 5.22. The molecule has 0 aliphatic heterocycles. The summed E-state index contributed by atoms with van der Waals surface area (Å²) in [6, 6.07) is 8.16. The minimum absolute atomic E-state index is 0. The number of hydrogen-bond donors (Lipinski definition) is 2. The van der Waals surface area contributed by atoms with Crippen molar-refractivity contribution in [1.82, 2.24) is 4.90 Å². The van der Waals surface area contributed by atoms with E-state index in [-0.39, 0.29) is 24.0 Å². The average Bonchev–Trinajstić information content (AvgIpc) is 2.56. The van der Waals surface area contributed by atoms with Gasteiger partial charge in [0.1, 0.15) is 5.75 Å². The van der Waals surface area contributed by atoms with Crippen molar-refractivity contribution in [3.8, 4) is 5.75 Å². The first-order valence-corrected chi connectivity index (χ1v) is 8.47. The average molecular weight is 446 g/mol. The van der Waals surface area contributed by atoms with Crippen molar-refractivity contribution >= 4 is 35.6 Å². The molecule has 6 heteroatoms. The van der Waals surface area contributed by atoms with Crippen molar-refractivity contribution in [2.24, 2.45) is 16.6 Å². The molecule has 0 heterocycles. The van der Waals surface area contributed by atoms with E-state index in [0.717, 1.165) is 23.9 Å². The molecule has 1 unspecified atom stereocenters. The van der Waals surface area contributed by atoms with E-state index >= 15 is 0 Å². The van der Waals surface area contributed by atoms with Crippen LogP contribution in [-0.4, -0.2) is 44.7 Å². The highest BCUT2D eigenvalue weighted by Gasteiger charge is 2.24. The largest absolute Gasteiger partial charge is 0.497 e. The first-order valence-electron chi connectivity index (χ1n) is 8.47. The molecule has 0 spiro atoms. The van der Waals surface area contributed by atoms with Crippen LogP contribution in [0.15, 0.2) is 29.3 Å². The lowest BCUT2D eigenvalue weighted by Gasteiger charge is -2.33. The Hall–Kier alpha value is -1.02. The highest BCUT2D eigenvalue weighted by atomic mass is 127. The summed E-state index contributed by atoms with van der Waals surface area (Å²) in [5, 5.41) is 3.14. The molecule has 0 radical (unpaired) electrons. The minimum Gasteiger partial charge on any atom is -0.497 e. The second-order valence-electron chi connectivity index (χ2n) is 6.51. The first-order chi connectivity index (χ1) is 11.1. The number of hydrogen-bond acceptors (Lipinski definition) is 3. The minimum atomic E-state index is 0. The molecule has 1 atom stereocenters. The van der Waals surface area contributed by atoms with Gasteiger partial charge in [-0.05, 0) is 45.0 Å². The summed E-state index contributed by atoms with van der Waals surface area (Å²) in [4.78, 5) is 6.86. The molecule has 3 N–H and O–H groups in total. The quantitative estimate of drug-likeness (QED) is 0.399. The third kappa shape index (κ3) is 6.47. The van der Waals surface area contributed by atoms with Gasteiger partial charge < -0.3 is 20.7 Å². The number of nitrogens with one attached hydrogen (secondary N) is 1. The fourth-order valence-corrected chi connectivity index (χ4v) is 3.33. The van der Waals surface area contributed by atoms with Crippen molar-refractivity contribution in [3.63, 3.8) is 0 Å². The monoisotopic (exact) mass is 446 g/mol. The van der Waals surface area contributed by atoms with Crippen LogP contribution in [0.5, 0.6) is 5.75 Å². The number of halogens is 1. The third-order valence-electron chi connectivity index (χ3n) is 4.65. The first kappa shape index (κ1) is 21.0. The predicted molar refractivity (Wildman–Crippen MR) is 113 cm³/mol. The Balaban J connectivity index is 0.00000288. The summed E-state index contributed by atoms with van der Waals surface area (Å²) in [5.74, 6) is 1.99. The number of anilines is 1. The van der Waals surface area contributed by atoms with Crippen LogP contribution in [0.3, 0.4) is 0 Å². The molecule has 24 heavy (non-hydrogen) atoms. The zero-order valence-electron chi connectivity index (χ0n) is 15.0. The Morgan fingerprint density at radius 2 is 2.04 bits per heavy atom. The molecule has 1 aromatic carbocycles. The van der Waals surface area contributed by atoms with Gasteiger partial charge in [-0.2, -0.15) is 0 Å². The maximum absolute atomic E-state index is 6.05. The summed E-state index contributed by atoms with van der Waals surface area (Å²) in [6.07, 6.45) is 6.68. The standard InChI is InChI=1S/C18H30N4O.HI/c1-22(2)17(14-8-5-4-6-9-14)13-20-18(19)21-15-10-7-11-16(12-15)23-3;/h7,10-12,14,17H,4-6,8-9,13H2,1-3H3,(H3,19,20,21);1H. The zero-order valence-corrected chi connectivity index (χ0v) is 17.3. The smallest absolute Gasteiger partial charge is 0.193 e. The lowest BCUT2D eigenvalue weighted by Crippen LogP contribution is -2.39. The van der Waals surface area contributed by atoms with Gasteiger partial charge in [-0.25, -0.2) is 0 Å². The molecule has 1 aliphatic carbocycles. The van der Waals surface area contributed by atoms with E-state index in [9.17, 15) is 0 Å². The Morgan fingerprint density at radius 1 is 1.33 bits per heavy atom. The van der Waals surface area contributed by atoms with Gasteiger partial charge in [0.15, 0.2) is 5.96 Å². The maximum Gasteiger partial charge on any atom is 0.193 e. The SMILES string of the molecule is COc1cccc(NC(N)=NCC(C2CCCCC2)N(C)C)c1.I. The predicted octanol–water partition coefficient (Wildman–Crippen LogP) is 3.55. The van der Waals surface area contributed by atoms with Gasteiger partial charge >= 0.3 is 0 Å². The van der Waals surface area contributed by atoms with Crippen LogP contribution < -0.4 is 15.8 Å². The van der Waals surface area contributed by atoms with E-state index in [1.807, 2.05) is 24.3 Å². The lowest BCUT2D eigenvalue weighted by molar-refractivity contribution is 0.176. The maximum atomic E-state index is 6.05. The summed E-state index contributed by atoms with van der Waals surface area (Å²) >= 11 is 0. The van der Waals surface area contributed by atoms with E-state index in [0.29, 0.717) is 12.0 Å². The normalized spacial score (nSPS) is 17.2. The number of aliphatic imine (C=N–C) groups is 1. The molecule has 1 aliphatic rings. The third-order valence-corrected chi connectivity index (χ3v) is 4.65. The molecule has 2 rings (SSSR count). The summed E-state index contributed by atoms with van der Waals surface area (Å²) in [5.41, 5.74) is 6.95. The fraction of sp³-hybridized carbons (Fsp3) is 0.611. The van der Waals surface area contributed by atoms with Crippen LogP contribution in [0.2, 0.25) is 0 Å². The lowest BCUT2D eigenvalue weighted by atomic mass is 9.83. The second-order valence-corrected chi connectivity index (χ2v) is 6.51. The van der Waals surface area contributed by atoms with Gasteiger partial charge in [-0.1, -0.05) is 25.3 Å². The Kier molecular flexibility index (Phi) is 9.43. The van der Waals surface area contributed by atoms with Crippen molar-refractivity contribution in [3.05, 3.63) is 24.3 Å². The number of guanidine groups is 1. The Bertz CT molecular complexity index is 515. The molecule has 5 nitrogen and oxygen atoms in total. The van der Waals surface area contributed by atoms with Crippen LogP contribution in [0.1, 0.15) is 32.1 Å². The van der Waals surface area contributed by atoms with Crippen LogP contribution in [0, 0.1) is 5.92 Å². The van der Waals surface area contributed by atoms with Crippen LogP contribution in [0.4, 0.5) is 5.69 Å². The Morgan fingerprint density at radius 3 is 2.67 bits per heavy atom.